The Bertz CT molecular complexity index is 1180. The maximum Gasteiger partial charge on any atom is 0.243 e. The smallest absolute Gasteiger partial charge is 0.243 e. The van der Waals surface area contributed by atoms with Crippen molar-refractivity contribution in [2.24, 2.45) is 0 Å². The van der Waals surface area contributed by atoms with Gasteiger partial charge in [0.15, 0.2) is 0 Å². The summed E-state index contributed by atoms with van der Waals surface area (Å²) in [5.74, 6) is 0.411. The second-order valence-corrected chi connectivity index (χ2v) is 10.1. The van der Waals surface area contributed by atoms with Crippen LogP contribution in [0, 0.1) is 5.82 Å². The van der Waals surface area contributed by atoms with Gasteiger partial charge in [0.2, 0.25) is 10.0 Å². The third kappa shape index (κ3) is 5.79. The number of halogens is 1. The van der Waals surface area contributed by atoms with Crippen molar-refractivity contribution in [2.75, 3.05) is 13.2 Å². The van der Waals surface area contributed by atoms with Crippen LogP contribution < -0.4 is 4.74 Å². The van der Waals surface area contributed by atoms with E-state index in [9.17, 15) is 12.8 Å². The van der Waals surface area contributed by atoms with Crippen LogP contribution >= 0.6 is 0 Å². The normalized spacial score (nSPS) is 14.4. The summed E-state index contributed by atoms with van der Waals surface area (Å²) < 4.78 is 52.6. The van der Waals surface area contributed by atoms with Crippen LogP contribution in [-0.2, 0) is 40.9 Å². The first-order chi connectivity index (χ1) is 16.0. The second-order valence-electron chi connectivity index (χ2n) is 8.14. The fourth-order valence-electron chi connectivity index (χ4n) is 3.85. The highest BCUT2D eigenvalue weighted by Crippen LogP contribution is 2.28. The average molecular weight is 470 g/mol. The predicted octanol–water partition coefficient (Wildman–Crippen LogP) is 5.08. The summed E-state index contributed by atoms with van der Waals surface area (Å²) in [4.78, 5) is 0.296. The molecule has 3 aromatic rings. The van der Waals surface area contributed by atoms with E-state index in [4.69, 9.17) is 9.47 Å². The lowest BCUT2D eigenvalue weighted by atomic mass is 10.1. The van der Waals surface area contributed by atoms with Gasteiger partial charge in [-0.1, -0.05) is 43.7 Å². The van der Waals surface area contributed by atoms with Gasteiger partial charge in [0.05, 0.1) is 18.1 Å². The van der Waals surface area contributed by atoms with E-state index in [2.05, 4.69) is 6.92 Å². The molecule has 0 aromatic heterocycles. The third-order valence-electron chi connectivity index (χ3n) is 5.62. The summed E-state index contributed by atoms with van der Waals surface area (Å²) in [6.07, 6.45) is 1.94. The first kappa shape index (κ1) is 23.4. The number of fused-ring (bicyclic) bond motifs is 1. The van der Waals surface area contributed by atoms with Crippen molar-refractivity contribution in [1.29, 1.82) is 0 Å². The predicted molar refractivity (Wildman–Crippen MR) is 125 cm³/mol. The van der Waals surface area contributed by atoms with E-state index in [0.29, 0.717) is 30.5 Å². The molecule has 0 aliphatic carbocycles. The summed E-state index contributed by atoms with van der Waals surface area (Å²) in [5.41, 5.74) is 3.74. The molecule has 0 amide bonds. The van der Waals surface area contributed by atoms with E-state index in [1.165, 1.54) is 16.4 Å². The van der Waals surface area contributed by atoms with Crippen LogP contribution in [0.15, 0.2) is 71.6 Å². The third-order valence-corrected chi connectivity index (χ3v) is 7.48. The zero-order valence-corrected chi connectivity index (χ0v) is 19.5. The quantitative estimate of drug-likeness (QED) is 0.462. The Morgan fingerprint density at radius 2 is 1.61 bits per heavy atom. The average Bonchev–Trinajstić information content (AvgIpc) is 3.04. The van der Waals surface area contributed by atoms with E-state index in [0.717, 1.165) is 35.1 Å². The molecule has 0 radical (unpaired) electrons. The van der Waals surface area contributed by atoms with E-state index in [1.807, 2.05) is 30.3 Å². The van der Waals surface area contributed by atoms with E-state index in [1.54, 1.807) is 24.3 Å². The zero-order valence-electron chi connectivity index (χ0n) is 18.7. The maximum atomic E-state index is 13.3. The molecule has 7 heteroatoms. The first-order valence-electron chi connectivity index (χ1n) is 11.1. The van der Waals surface area contributed by atoms with Crippen LogP contribution in [-0.4, -0.2) is 25.9 Å². The fourth-order valence-corrected chi connectivity index (χ4v) is 5.25. The Kier molecular flexibility index (Phi) is 7.42. The largest absolute Gasteiger partial charge is 0.492 e. The number of nitrogens with zero attached hydrogens (tertiary/aromatic N) is 1. The molecule has 5 nitrogen and oxygen atoms in total. The summed E-state index contributed by atoms with van der Waals surface area (Å²) in [5, 5.41) is 0. The lowest BCUT2D eigenvalue weighted by Gasteiger charge is -2.20. The SMILES string of the molecule is CCCc1ccc(S(=O)(=O)N2CCOc3ccc(COCc4ccc(F)cc4)cc3C2)cc1. The Morgan fingerprint density at radius 1 is 0.939 bits per heavy atom. The van der Waals surface area contributed by atoms with Crippen molar-refractivity contribution in [3.05, 3.63) is 94.8 Å². The molecule has 0 N–H and O–H groups in total. The van der Waals surface area contributed by atoms with Crippen LogP contribution in [0.1, 0.15) is 35.6 Å². The zero-order chi connectivity index (χ0) is 23.3. The van der Waals surface area contributed by atoms with Gasteiger partial charge >= 0.3 is 0 Å². The minimum Gasteiger partial charge on any atom is -0.492 e. The minimum atomic E-state index is -3.64. The number of benzene rings is 3. The molecule has 0 saturated carbocycles. The van der Waals surface area contributed by atoms with Crippen LogP contribution in [0.4, 0.5) is 4.39 Å². The molecule has 3 aromatic carbocycles. The van der Waals surface area contributed by atoms with Crippen LogP contribution in [0.2, 0.25) is 0 Å². The fraction of sp³-hybridized carbons (Fsp3) is 0.308. The Hall–Kier alpha value is -2.74. The van der Waals surface area contributed by atoms with Gasteiger partial charge in [0, 0.05) is 18.7 Å². The van der Waals surface area contributed by atoms with E-state index < -0.39 is 10.0 Å². The van der Waals surface area contributed by atoms with Crippen LogP contribution in [0.3, 0.4) is 0 Å². The molecule has 0 atom stereocenters. The Balaban J connectivity index is 1.45. The molecule has 1 heterocycles. The molecule has 0 unspecified atom stereocenters. The number of aryl methyl sites for hydroxylation is 1. The lowest BCUT2D eigenvalue weighted by molar-refractivity contribution is 0.107. The molecule has 4 rings (SSSR count). The van der Waals surface area contributed by atoms with Gasteiger partial charge in [0.1, 0.15) is 18.2 Å². The summed E-state index contributed by atoms with van der Waals surface area (Å²) in [6, 6.07) is 19.1. The van der Waals surface area contributed by atoms with Gasteiger partial charge in [0.25, 0.3) is 0 Å². The molecule has 174 valence electrons. The Labute approximate surface area is 194 Å². The van der Waals surface area contributed by atoms with Gasteiger partial charge < -0.3 is 9.47 Å². The van der Waals surface area contributed by atoms with Gasteiger partial charge in [-0.25, -0.2) is 12.8 Å². The second kappa shape index (κ2) is 10.5. The monoisotopic (exact) mass is 469 g/mol. The van der Waals surface area contributed by atoms with Gasteiger partial charge in [-0.05, 0) is 59.5 Å². The molecule has 0 fully saturated rings. The molecular formula is C26H28FNO4S. The molecule has 1 aliphatic heterocycles. The van der Waals surface area contributed by atoms with Crippen molar-refractivity contribution in [2.45, 2.75) is 44.4 Å². The molecule has 0 spiro atoms. The Morgan fingerprint density at radius 3 is 2.33 bits per heavy atom. The van der Waals surface area contributed by atoms with Gasteiger partial charge in [-0.3, -0.25) is 0 Å². The molecule has 33 heavy (non-hydrogen) atoms. The van der Waals surface area contributed by atoms with Crippen molar-refractivity contribution < 1.29 is 22.3 Å². The maximum absolute atomic E-state index is 13.3. The molecule has 1 aliphatic rings. The van der Waals surface area contributed by atoms with Crippen molar-refractivity contribution in [3.8, 4) is 5.75 Å². The highest BCUT2D eigenvalue weighted by molar-refractivity contribution is 7.89. The van der Waals surface area contributed by atoms with Crippen molar-refractivity contribution >= 4 is 10.0 Å². The number of sulfonamides is 1. The standard InChI is InChI=1S/C26H28FNO4S/c1-2-3-20-6-11-25(12-7-20)33(29,30)28-14-15-32-26-13-8-22(16-23(26)17-28)19-31-18-21-4-9-24(27)10-5-21/h4-13,16H,2-3,14-15,17-19H2,1H3. The van der Waals surface area contributed by atoms with Gasteiger partial charge in [-0.2, -0.15) is 4.31 Å². The van der Waals surface area contributed by atoms with Crippen LogP contribution in [0.5, 0.6) is 5.75 Å². The van der Waals surface area contributed by atoms with Gasteiger partial charge in [-0.15, -0.1) is 0 Å². The number of hydrogen-bond acceptors (Lipinski definition) is 4. The first-order valence-corrected chi connectivity index (χ1v) is 12.6. The van der Waals surface area contributed by atoms with Crippen molar-refractivity contribution in [3.63, 3.8) is 0 Å². The van der Waals surface area contributed by atoms with Crippen LogP contribution in [0.25, 0.3) is 0 Å². The highest BCUT2D eigenvalue weighted by atomic mass is 32.2. The number of hydrogen-bond donors (Lipinski definition) is 0. The lowest BCUT2D eigenvalue weighted by Crippen LogP contribution is -2.32. The number of ether oxygens (including phenoxy) is 2. The molecule has 0 saturated heterocycles. The van der Waals surface area contributed by atoms with E-state index >= 15 is 0 Å². The van der Waals surface area contributed by atoms with E-state index in [-0.39, 0.29) is 18.9 Å². The minimum absolute atomic E-state index is 0.236. The molecule has 0 bridgehead atoms. The number of rotatable bonds is 8. The summed E-state index contributed by atoms with van der Waals surface area (Å²) >= 11 is 0. The topological polar surface area (TPSA) is 55.8 Å². The summed E-state index contributed by atoms with van der Waals surface area (Å²) in [6.45, 7) is 3.63. The summed E-state index contributed by atoms with van der Waals surface area (Å²) in [7, 11) is -3.64. The molecular weight excluding hydrogens is 441 g/mol. The highest BCUT2D eigenvalue weighted by Gasteiger charge is 2.27. The van der Waals surface area contributed by atoms with Crippen molar-refractivity contribution in [1.82, 2.24) is 4.31 Å².